The van der Waals surface area contributed by atoms with Gasteiger partial charge in [0.2, 0.25) is 0 Å². The largest absolute Gasteiger partial charge is 0.490 e. The molecule has 29 heavy (non-hydrogen) atoms. The van der Waals surface area contributed by atoms with Crippen LogP contribution in [0.4, 0.5) is 0 Å². The molecule has 0 N–H and O–H groups in total. The normalized spacial score (nSPS) is 12.6. The summed E-state index contributed by atoms with van der Waals surface area (Å²) in [7, 11) is 0. The lowest BCUT2D eigenvalue weighted by atomic mass is 10.2. The van der Waals surface area contributed by atoms with Gasteiger partial charge in [0.25, 0.3) is 5.56 Å². The van der Waals surface area contributed by atoms with Crippen LogP contribution in [-0.2, 0) is 6.42 Å². The minimum absolute atomic E-state index is 0.0846. The van der Waals surface area contributed by atoms with Crippen molar-refractivity contribution in [3.63, 3.8) is 0 Å². The first kappa shape index (κ1) is 21.7. The molecule has 3 aromatic rings. The summed E-state index contributed by atoms with van der Waals surface area (Å²) in [6.45, 7) is 6.16. The Morgan fingerprint density at radius 2 is 1.90 bits per heavy atom. The smallest absolute Gasteiger partial charge is 0.282 e. The van der Waals surface area contributed by atoms with Crippen LogP contribution in [0.3, 0.4) is 0 Å². The molecular formula is C22H23Br2N3O2. The van der Waals surface area contributed by atoms with E-state index in [2.05, 4.69) is 55.8 Å². The van der Waals surface area contributed by atoms with Gasteiger partial charge in [-0.2, -0.15) is 9.78 Å². The molecule has 0 aliphatic carbocycles. The minimum Gasteiger partial charge on any atom is -0.490 e. The molecule has 0 aliphatic heterocycles. The molecule has 5 nitrogen and oxygen atoms in total. The average molecular weight is 521 g/mol. The molecule has 0 bridgehead atoms. The molecule has 1 heterocycles. The van der Waals surface area contributed by atoms with Crippen LogP contribution in [0.15, 0.2) is 55.2 Å². The number of aryl methyl sites for hydroxylation is 1. The lowest BCUT2D eigenvalue weighted by Crippen LogP contribution is -2.22. The van der Waals surface area contributed by atoms with Crippen LogP contribution in [0.1, 0.15) is 45.0 Å². The third-order valence-corrected chi connectivity index (χ3v) is 5.52. The number of hydrogen-bond donors (Lipinski definition) is 0. The molecule has 2 aromatic carbocycles. The Hall–Kier alpha value is -1.99. The second-order valence-electron chi connectivity index (χ2n) is 6.82. The Morgan fingerprint density at radius 1 is 1.17 bits per heavy atom. The predicted molar refractivity (Wildman–Crippen MR) is 125 cm³/mol. The zero-order valence-electron chi connectivity index (χ0n) is 16.7. The molecule has 0 spiro atoms. The minimum atomic E-state index is -0.185. The van der Waals surface area contributed by atoms with Crippen molar-refractivity contribution in [3.8, 4) is 5.75 Å². The van der Waals surface area contributed by atoms with E-state index in [0.717, 1.165) is 33.1 Å². The highest BCUT2D eigenvalue weighted by Gasteiger charge is 2.11. The second-order valence-corrected chi connectivity index (χ2v) is 8.65. The number of fused-ring (bicyclic) bond motifs is 1. The monoisotopic (exact) mass is 519 g/mol. The van der Waals surface area contributed by atoms with Crippen LogP contribution in [0.25, 0.3) is 10.9 Å². The third-order valence-electron chi connectivity index (χ3n) is 4.54. The van der Waals surface area contributed by atoms with Crippen LogP contribution in [-0.4, -0.2) is 22.0 Å². The number of benzene rings is 2. The van der Waals surface area contributed by atoms with E-state index in [-0.39, 0.29) is 11.7 Å². The van der Waals surface area contributed by atoms with Gasteiger partial charge in [0.15, 0.2) is 0 Å². The van der Waals surface area contributed by atoms with Gasteiger partial charge < -0.3 is 4.74 Å². The first-order chi connectivity index (χ1) is 13.9. The summed E-state index contributed by atoms with van der Waals surface area (Å²) in [6.07, 6.45) is 4.17. The molecular weight excluding hydrogens is 498 g/mol. The maximum absolute atomic E-state index is 13.1. The van der Waals surface area contributed by atoms with Gasteiger partial charge in [-0.05, 0) is 56.2 Å². The fraction of sp³-hybridized carbons (Fsp3) is 0.318. The van der Waals surface area contributed by atoms with E-state index in [1.165, 1.54) is 4.68 Å². The zero-order valence-corrected chi connectivity index (χ0v) is 19.8. The second kappa shape index (κ2) is 9.67. The van der Waals surface area contributed by atoms with Crippen molar-refractivity contribution in [1.29, 1.82) is 0 Å². The third kappa shape index (κ3) is 5.14. The molecule has 0 fully saturated rings. The lowest BCUT2D eigenvalue weighted by molar-refractivity contribution is 0.217. The van der Waals surface area contributed by atoms with E-state index in [4.69, 9.17) is 4.74 Å². The van der Waals surface area contributed by atoms with Gasteiger partial charge in [0, 0.05) is 20.9 Å². The topological polar surface area (TPSA) is 56.5 Å². The van der Waals surface area contributed by atoms with E-state index in [9.17, 15) is 4.79 Å². The fourth-order valence-corrected chi connectivity index (χ4v) is 3.59. The Morgan fingerprint density at radius 3 is 2.62 bits per heavy atom. The summed E-state index contributed by atoms with van der Waals surface area (Å²) in [6, 6.07) is 11.3. The summed E-state index contributed by atoms with van der Waals surface area (Å²) in [5.74, 6) is 1.37. The molecule has 0 amide bonds. The maximum Gasteiger partial charge on any atom is 0.282 e. The average Bonchev–Trinajstić information content (AvgIpc) is 2.70. The highest BCUT2D eigenvalue weighted by molar-refractivity contribution is 9.10. The molecule has 152 valence electrons. The first-order valence-corrected chi connectivity index (χ1v) is 11.2. The van der Waals surface area contributed by atoms with E-state index >= 15 is 0 Å². The van der Waals surface area contributed by atoms with Gasteiger partial charge in [-0.25, -0.2) is 4.98 Å². The van der Waals surface area contributed by atoms with Crippen molar-refractivity contribution in [2.45, 2.75) is 46.1 Å². The van der Waals surface area contributed by atoms with Crippen molar-refractivity contribution in [3.05, 3.63) is 67.1 Å². The van der Waals surface area contributed by atoms with Crippen LogP contribution < -0.4 is 10.3 Å². The van der Waals surface area contributed by atoms with Crippen molar-refractivity contribution in [1.82, 2.24) is 9.66 Å². The van der Waals surface area contributed by atoms with Crippen molar-refractivity contribution in [2.24, 2.45) is 5.10 Å². The van der Waals surface area contributed by atoms with Crippen LogP contribution >= 0.6 is 31.9 Å². The van der Waals surface area contributed by atoms with Gasteiger partial charge in [-0.1, -0.05) is 45.7 Å². The van der Waals surface area contributed by atoms with Crippen molar-refractivity contribution < 1.29 is 4.74 Å². The van der Waals surface area contributed by atoms with Gasteiger partial charge in [0.05, 0.1) is 23.2 Å². The van der Waals surface area contributed by atoms with Crippen LogP contribution in [0.5, 0.6) is 5.75 Å². The van der Waals surface area contributed by atoms with Gasteiger partial charge in [-0.3, -0.25) is 4.79 Å². The summed E-state index contributed by atoms with van der Waals surface area (Å²) in [5, 5.41) is 5.04. The molecule has 0 saturated carbocycles. The fourth-order valence-electron chi connectivity index (χ4n) is 2.85. The summed E-state index contributed by atoms with van der Waals surface area (Å²) >= 11 is 6.92. The van der Waals surface area contributed by atoms with Gasteiger partial charge in [-0.15, -0.1) is 0 Å². The van der Waals surface area contributed by atoms with Crippen LogP contribution in [0, 0.1) is 0 Å². The number of nitrogens with zero attached hydrogens (tertiary/aromatic N) is 3. The van der Waals surface area contributed by atoms with Gasteiger partial charge in [0.1, 0.15) is 11.6 Å². The summed E-state index contributed by atoms with van der Waals surface area (Å²) < 4.78 is 9.15. The van der Waals surface area contributed by atoms with E-state index < -0.39 is 0 Å². The van der Waals surface area contributed by atoms with Gasteiger partial charge >= 0.3 is 0 Å². The number of rotatable bonds is 7. The quantitative estimate of drug-likeness (QED) is 0.362. The lowest BCUT2D eigenvalue weighted by Gasteiger charge is -2.15. The highest BCUT2D eigenvalue weighted by atomic mass is 79.9. The number of aromatic nitrogens is 2. The van der Waals surface area contributed by atoms with E-state index in [1.807, 2.05) is 37.3 Å². The first-order valence-electron chi connectivity index (χ1n) is 9.64. The number of hydrogen-bond acceptors (Lipinski definition) is 4. The molecule has 0 radical (unpaired) electrons. The summed E-state index contributed by atoms with van der Waals surface area (Å²) in [4.78, 5) is 17.8. The molecule has 0 unspecified atom stereocenters. The van der Waals surface area contributed by atoms with Crippen molar-refractivity contribution in [2.75, 3.05) is 0 Å². The van der Waals surface area contributed by atoms with E-state index in [1.54, 1.807) is 12.3 Å². The molecule has 0 aliphatic rings. The standard InChI is InChI=1S/C22H23Br2N3O2/c1-4-6-21-26-19-9-7-17(24)12-18(19)22(28)27(21)25-13-15-11-16(23)8-10-20(15)29-14(3)5-2/h7-14H,4-6H2,1-3H3/t14-/m0/s1. The Balaban J connectivity index is 2.11. The maximum atomic E-state index is 13.1. The highest BCUT2D eigenvalue weighted by Crippen LogP contribution is 2.23. The summed E-state index contributed by atoms with van der Waals surface area (Å²) in [5.41, 5.74) is 1.29. The molecule has 1 aromatic heterocycles. The Labute approximate surface area is 187 Å². The number of halogens is 2. The zero-order chi connectivity index (χ0) is 21.0. The molecule has 0 saturated heterocycles. The van der Waals surface area contributed by atoms with E-state index in [0.29, 0.717) is 23.1 Å². The Bertz CT molecular complexity index is 1110. The SMILES string of the molecule is CCCc1nc2ccc(Br)cc2c(=O)n1N=Cc1cc(Br)ccc1O[C@@H](C)CC. The predicted octanol–water partition coefficient (Wildman–Crippen LogP) is 5.93. The molecule has 7 heteroatoms. The Kier molecular flexibility index (Phi) is 7.24. The number of ether oxygens (including phenoxy) is 1. The van der Waals surface area contributed by atoms with Crippen molar-refractivity contribution >= 4 is 49.0 Å². The van der Waals surface area contributed by atoms with Crippen LogP contribution in [0.2, 0.25) is 0 Å². The molecule has 1 atom stereocenters. The molecule has 3 rings (SSSR count).